The monoisotopic (exact) mass is 299 g/mol. The summed E-state index contributed by atoms with van der Waals surface area (Å²) in [6.45, 7) is 1.96. The van der Waals surface area contributed by atoms with Gasteiger partial charge in [0.1, 0.15) is 6.20 Å². The molecule has 0 atom stereocenters. The lowest BCUT2D eigenvalue weighted by molar-refractivity contribution is -0.385. The van der Waals surface area contributed by atoms with E-state index < -0.39 is 16.6 Å². The number of carbonyl (C=O) groups excluding carboxylic acids is 1. The van der Waals surface area contributed by atoms with Crippen molar-refractivity contribution in [1.82, 2.24) is 4.98 Å². The number of aromatic nitrogens is 1. The van der Waals surface area contributed by atoms with Crippen molar-refractivity contribution in [3.05, 3.63) is 63.8 Å². The van der Waals surface area contributed by atoms with Crippen LogP contribution in [-0.2, 0) is 4.79 Å². The third kappa shape index (κ3) is 3.89. The van der Waals surface area contributed by atoms with Crippen molar-refractivity contribution in [3.8, 4) is 5.75 Å². The van der Waals surface area contributed by atoms with Crippen LogP contribution < -0.4 is 5.32 Å². The highest BCUT2D eigenvalue weighted by atomic mass is 16.6. The number of pyridine rings is 1. The highest BCUT2D eigenvalue weighted by molar-refractivity contribution is 6.02. The van der Waals surface area contributed by atoms with Gasteiger partial charge in [0.15, 0.2) is 11.6 Å². The largest absolute Gasteiger partial charge is 0.504 e. The van der Waals surface area contributed by atoms with Crippen molar-refractivity contribution in [3.63, 3.8) is 0 Å². The Bertz CT molecular complexity index is 739. The van der Waals surface area contributed by atoms with Gasteiger partial charge in [-0.15, -0.1) is 0 Å². The van der Waals surface area contributed by atoms with Crippen LogP contribution in [0.4, 0.5) is 11.5 Å². The number of nitrogens with zero attached hydrogens (tertiary/aromatic N) is 2. The van der Waals surface area contributed by atoms with E-state index in [-0.39, 0.29) is 11.5 Å². The smallest absolute Gasteiger partial charge is 0.291 e. The van der Waals surface area contributed by atoms with E-state index in [1.165, 1.54) is 6.08 Å². The molecule has 0 bridgehead atoms. The molecule has 1 amide bonds. The molecule has 0 spiro atoms. The predicted molar refractivity (Wildman–Crippen MR) is 81.4 cm³/mol. The molecule has 0 saturated heterocycles. The molecule has 0 aliphatic rings. The van der Waals surface area contributed by atoms with Crippen LogP contribution in [0, 0.1) is 17.0 Å². The number of amides is 1. The molecule has 22 heavy (non-hydrogen) atoms. The van der Waals surface area contributed by atoms with Crippen LogP contribution >= 0.6 is 0 Å². The minimum atomic E-state index is -0.685. The fraction of sp³-hybridized carbons (Fsp3) is 0.0667. The summed E-state index contributed by atoms with van der Waals surface area (Å²) in [6.07, 6.45) is 3.85. The van der Waals surface area contributed by atoms with E-state index in [1.807, 2.05) is 31.2 Å². The first-order valence-corrected chi connectivity index (χ1v) is 6.35. The highest BCUT2D eigenvalue weighted by Crippen LogP contribution is 2.24. The van der Waals surface area contributed by atoms with E-state index in [1.54, 1.807) is 6.08 Å². The molecule has 112 valence electrons. The van der Waals surface area contributed by atoms with Crippen LogP contribution in [-0.4, -0.2) is 20.9 Å². The van der Waals surface area contributed by atoms with Gasteiger partial charge in [-0.25, -0.2) is 4.98 Å². The van der Waals surface area contributed by atoms with E-state index in [9.17, 15) is 20.0 Å². The average molecular weight is 299 g/mol. The Kier molecular flexibility index (Phi) is 4.47. The minimum Gasteiger partial charge on any atom is -0.504 e. The Labute approximate surface area is 126 Å². The summed E-state index contributed by atoms with van der Waals surface area (Å²) >= 11 is 0. The van der Waals surface area contributed by atoms with E-state index in [2.05, 4.69) is 10.3 Å². The van der Waals surface area contributed by atoms with Gasteiger partial charge in [0, 0.05) is 6.08 Å². The molecule has 1 heterocycles. The van der Waals surface area contributed by atoms with Crippen LogP contribution in [0.5, 0.6) is 5.75 Å². The summed E-state index contributed by atoms with van der Waals surface area (Å²) < 4.78 is 0. The number of nitro groups is 1. The zero-order valence-corrected chi connectivity index (χ0v) is 11.7. The van der Waals surface area contributed by atoms with Crippen molar-refractivity contribution in [2.45, 2.75) is 6.92 Å². The topological polar surface area (TPSA) is 105 Å². The van der Waals surface area contributed by atoms with Gasteiger partial charge in [0.2, 0.25) is 5.91 Å². The Morgan fingerprint density at radius 1 is 1.36 bits per heavy atom. The molecule has 2 N–H and O–H groups in total. The van der Waals surface area contributed by atoms with Gasteiger partial charge in [-0.05, 0) is 18.6 Å². The van der Waals surface area contributed by atoms with E-state index in [0.29, 0.717) is 0 Å². The molecular weight excluding hydrogens is 286 g/mol. The zero-order valence-electron chi connectivity index (χ0n) is 11.7. The second-order valence-electron chi connectivity index (χ2n) is 4.55. The molecule has 2 rings (SSSR count). The SMILES string of the molecule is Cc1ccc(/C=C/C(=O)Nc2ncc([N+](=O)[O-])cc2O)cc1. The van der Waals surface area contributed by atoms with Crippen LogP contribution in [0.25, 0.3) is 6.08 Å². The van der Waals surface area contributed by atoms with Gasteiger partial charge < -0.3 is 10.4 Å². The first-order valence-electron chi connectivity index (χ1n) is 6.35. The van der Waals surface area contributed by atoms with Crippen molar-refractivity contribution in [2.75, 3.05) is 5.32 Å². The number of nitrogens with one attached hydrogen (secondary N) is 1. The first-order chi connectivity index (χ1) is 10.5. The Morgan fingerprint density at radius 2 is 2.05 bits per heavy atom. The molecule has 0 fully saturated rings. The molecule has 0 saturated carbocycles. The van der Waals surface area contributed by atoms with Crippen molar-refractivity contribution >= 4 is 23.5 Å². The summed E-state index contributed by atoms with van der Waals surface area (Å²) in [7, 11) is 0. The molecule has 0 unspecified atom stereocenters. The molecule has 1 aromatic heterocycles. The van der Waals surface area contributed by atoms with Gasteiger partial charge in [-0.2, -0.15) is 0 Å². The maximum atomic E-state index is 11.7. The first kappa shape index (κ1) is 15.2. The third-order valence-corrected chi connectivity index (χ3v) is 2.81. The maximum Gasteiger partial charge on any atom is 0.291 e. The van der Waals surface area contributed by atoms with Crippen molar-refractivity contribution in [2.24, 2.45) is 0 Å². The van der Waals surface area contributed by atoms with Crippen LogP contribution in [0.3, 0.4) is 0 Å². The summed E-state index contributed by atoms with van der Waals surface area (Å²) in [5.41, 5.74) is 1.61. The van der Waals surface area contributed by atoms with Gasteiger partial charge in [0.25, 0.3) is 5.69 Å². The number of hydrogen-bond acceptors (Lipinski definition) is 5. The highest BCUT2D eigenvalue weighted by Gasteiger charge is 2.12. The standard InChI is InChI=1S/C15H13N3O4/c1-10-2-4-11(5-3-10)6-7-14(20)17-15-13(19)8-12(9-16-15)18(21)22/h2-9,19H,1H3,(H,16,17,20)/b7-6+. The Balaban J connectivity index is 2.05. The minimum absolute atomic E-state index is 0.135. The predicted octanol–water partition coefficient (Wildman–Crippen LogP) is 2.66. The second kappa shape index (κ2) is 6.49. The van der Waals surface area contributed by atoms with Gasteiger partial charge in [-0.3, -0.25) is 14.9 Å². The van der Waals surface area contributed by atoms with E-state index in [0.717, 1.165) is 23.4 Å². The molecule has 0 radical (unpaired) electrons. The third-order valence-electron chi connectivity index (χ3n) is 2.81. The lowest BCUT2D eigenvalue weighted by atomic mass is 10.1. The lowest BCUT2D eigenvalue weighted by Gasteiger charge is -2.03. The van der Waals surface area contributed by atoms with E-state index >= 15 is 0 Å². The van der Waals surface area contributed by atoms with Crippen molar-refractivity contribution < 1.29 is 14.8 Å². The maximum absolute atomic E-state index is 11.7. The lowest BCUT2D eigenvalue weighted by Crippen LogP contribution is -2.09. The molecule has 0 aliphatic carbocycles. The second-order valence-corrected chi connectivity index (χ2v) is 4.55. The van der Waals surface area contributed by atoms with Crippen LogP contribution in [0.15, 0.2) is 42.6 Å². The molecule has 2 aromatic rings. The molecule has 7 nitrogen and oxygen atoms in total. The number of aryl methyl sites for hydroxylation is 1. The van der Waals surface area contributed by atoms with Crippen molar-refractivity contribution in [1.29, 1.82) is 0 Å². The summed E-state index contributed by atoms with van der Waals surface area (Å²) in [6, 6.07) is 8.48. The zero-order chi connectivity index (χ0) is 16.1. The molecule has 0 aliphatic heterocycles. The molecule has 1 aromatic carbocycles. The summed E-state index contributed by atoms with van der Waals surface area (Å²) in [5, 5.41) is 22.5. The number of benzene rings is 1. The molecule has 7 heteroatoms. The Morgan fingerprint density at radius 3 is 2.64 bits per heavy atom. The van der Waals surface area contributed by atoms with E-state index in [4.69, 9.17) is 0 Å². The fourth-order valence-corrected chi connectivity index (χ4v) is 1.65. The number of anilines is 1. The summed E-state index contributed by atoms with van der Waals surface area (Å²) in [4.78, 5) is 25.2. The van der Waals surface area contributed by atoms with Crippen LogP contribution in [0.2, 0.25) is 0 Å². The van der Waals surface area contributed by atoms with Crippen LogP contribution in [0.1, 0.15) is 11.1 Å². The Hall–Kier alpha value is -3.22. The quantitative estimate of drug-likeness (QED) is 0.513. The number of hydrogen-bond donors (Lipinski definition) is 2. The summed E-state index contributed by atoms with van der Waals surface area (Å²) in [5.74, 6) is -1.10. The van der Waals surface area contributed by atoms with Gasteiger partial charge in [0.05, 0.1) is 11.0 Å². The number of carbonyl (C=O) groups is 1. The van der Waals surface area contributed by atoms with Gasteiger partial charge in [-0.1, -0.05) is 29.8 Å². The number of aromatic hydroxyl groups is 1. The fourth-order valence-electron chi connectivity index (χ4n) is 1.65. The number of rotatable bonds is 4. The average Bonchev–Trinajstić information content (AvgIpc) is 2.48. The van der Waals surface area contributed by atoms with Gasteiger partial charge >= 0.3 is 0 Å². The normalized spacial score (nSPS) is 10.6. The molecular formula is C15H13N3O4.